The Balaban J connectivity index is 2.26. The van der Waals surface area contributed by atoms with Crippen LogP contribution in [0, 0.1) is 5.92 Å². The molecular formula is C18H12F6O. The Bertz CT molecular complexity index is 815. The largest absolute Gasteiger partial charge is 0.416 e. The summed E-state index contributed by atoms with van der Waals surface area (Å²) >= 11 is 0. The number of rotatable bonds is 1. The maximum absolute atomic E-state index is 13.0. The van der Waals surface area contributed by atoms with Crippen molar-refractivity contribution in [3.05, 3.63) is 58.7 Å². The third-order valence-electron chi connectivity index (χ3n) is 4.27. The van der Waals surface area contributed by atoms with Gasteiger partial charge in [0, 0.05) is 11.5 Å². The minimum absolute atomic E-state index is 0.0805. The average molecular weight is 358 g/mol. The number of carbonyl (C=O) groups is 1. The van der Waals surface area contributed by atoms with Crippen LogP contribution in [0.5, 0.6) is 0 Å². The van der Waals surface area contributed by atoms with Crippen molar-refractivity contribution in [2.24, 2.45) is 5.92 Å². The highest BCUT2D eigenvalue weighted by molar-refractivity contribution is 6.07. The molecule has 0 N–H and O–H groups in total. The van der Waals surface area contributed by atoms with Crippen LogP contribution in [0.4, 0.5) is 26.3 Å². The Morgan fingerprint density at radius 3 is 2.00 bits per heavy atom. The van der Waals surface area contributed by atoms with Gasteiger partial charge >= 0.3 is 12.4 Å². The number of hydrogen-bond donors (Lipinski definition) is 0. The highest BCUT2D eigenvalue weighted by atomic mass is 19.4. The number of halogens is 6. The molecule has 1 atom stereocenters. The Labute approximate surface area is 139 Å². The van der Waals surface area contributed by atoms with E-state index in [4.69, 9.17) is 0 Å². The van der Waals surface area contributed by atoms with Crippen LogP contribution in [0.25, 0.3) is 11.1 Å². The Kier molecular flexibility index (Phi) is 3.93. The first-order chi connectivity index (χ1) is 11.5. The SMILES string of the molecule is CC1Cc2cccc(-c3cc(C(F)(F)F)cc(C(F)(F)F)c3)c2C1=O. The highest BCUT2D eigenvalue weighted by Crippen LogP contribution is 2.41. The first-order valence-electron chi connectivity index (χ1n) is 7.44. The molecule has 0 heterocycles. The lowest BCUT2D eigenvalue weighted by Gasteiger charge is -2.15. The van der Waals surface area contributed by atoms with Gasteiger partial charge < -0.3 is 0 Å². The van der Waals surface area contributed by atoms with Gasteiger partial charge in [-0.2, -0.15) is 26.3 Å². The van der Waals surface area contributed by atoms with Crippen LogP contribution >= 0.6 is 0 Å². The molecule has 0 saturated heterocycles. The maximum Gasteiger partial charge on any atom is 0.416 e. The molecule has 1 unspecified atom stereocenters. The van der Waals surface area contributed by atoms with Crippen LogP contribution in [0.1, 0.15) is 34.0 Å². The van der Waals surface area contributed by atoms with Crippen molar-refractivity contribution in [1.82, 2.24) is 0 Å². The average Bonchev–Trinajstić information content (AvgIpc) is 2.80. The van der Waals surface area contributed by atoms with E-state index in [9.17, 15) is 31.1 Å². The molecule has 0 saturated carbocycles. The van der Waals surface area contributed by atoms with Crippen LogP contribution in [0.2, 0.25) is 0 Å². The molecule has 0 spiro atoms. The number of fused-ring (bicyclic) bond motifs is 1. The van der Waals surface area contributed by atoms with E-state index >= 15 is 0 Å². The first kappa shape index (κ1) is 17.5. The van der Waals surface area contributed by atoms with Gasteiger partial charge in [-0.15, -0.1) is 0 Å². The second kappa shape index (κ2) is 5.61. The van der Waals surface area contributed by atoms with E-state index in [0.29, 0.717) is 24.1 Å². The van der Waals surface area contributed by atoms with Crippen LogP contribution in [0.15, 0.2) is 36.4 Å². The molecule has 0 radical (unpaired) electrons. The van der Waals surface area contributed by atoms with Crippen LogP contribution in [-0.4, -0.2) is 5.78 Å². The second-order valence-electron chi connectivity index (χ2n) is 6.10. The van der Waals surface area contributed by atoms with Crippen molar-refractivity contribution in [2.45, 2.75) is 25.7 Å². The van der Waals surface area contributed by atoms with Gasteiger partial charge in [0.25, 0.3) is 0 Å². The molecule has 0 aliphatic heterocycles. The molecule has 3 rings (SSSR count). The van der Waals surface area contributed by atoms with Crippen molar-refractivity contribution in [3.63, 3.8) is 0 Å². The molecule has 7 heteroatoms. The van der Waals surface area contributed by atoms with Crippen molar-refractivity contribution in [3.8, 4) is 11.1 Å². The van der Waals surface area contributed by atoms with Crippen molar-refractivity contribution in [2.75, 3.05) is 0 Å². The summed E-state index contributed by atoms with van der Waals surface area (Å²) in [6, 6.07) is 5.97. The Hall–Kier alpha value is -2.31. The summed E-state index contributed by atoms with van der Waals surface area (Å²) in [7, 11) is 0. The lowest BCUT2D eigenvalue weighted by molar-refractivity contribution is -0.143. The third kappa shape index (κ3) is 3.15. The number of Topliss-reactive ketones (excluding diaryl/α,β-unsaturated/α-hetero) is 1. The lowest BCUT2D eigenvalue weighted by Crippen LogP contribution is -2.11. The van der Waals surface area contributed by atoms with Crippen LogP contribution in [-0.2, 0) is 18.8 Å². The van der Waals surface area contributed by atoms with E-state index in [-0.39, 0.29) is 34.5 Å². The molecule has 0 bridgehead atoms. The second-order valence-corrected chi connectivity index (χ2v) is 6.10. The molecular weight excluding hydrogens is 346 g/mol. The Morgan fingerprint density at radius 2 is 1.48 bits per heavy atom. The molecule has 0 amide bonds. The van der Waals surface area contributed by atoms with E-state index < -0.39 is 23.5 Å². The van der Waals surface area contributed by atoms with Crippen molar-refractivity contribution in [1.29, 1.82) is 0 Å². The quantitative estimate of drug-likeness (QED) is 0.592. The fourth-order valence-corrected chi connectivity index (χ4v) is 3.08. The molecule has 2 aromatic rings. The fraction of sp³-hybridized carbons (Fsp3) is 0.278. The summed E-state index contributed by atoms with van der Waals surface area (Å²) in [4.78, 5) is 12.3. The van der Waals surface area contributed by atoms with E-state index in [1.165, 1.54) is 12.1 Å². The lowest BCUT2D eigenvalue weighted by atomic mass is 9.93. The zero-order valence-corrected chi connectivity index (χ0v) is 12.9. The Morgan fingerprint density at radius 1 is 0.920 bits per heavy atom. The number of benzene rings is 2. The highest BCUT2D eigenvalue weighted by Gasteiger charge is 2.38. The van der Waals surface area contributed by atoms with Crippen molar-refractivity contribution >= 4 is 5.78 Å². The van der Waals surface area contributed by atoms with Gasteiger partial charge in [0.15, 0.2) is 5.78 Å². The molecule has 25 heavy (non-hydrogen) atoms. The zero-order valence-electron chi connectivity index (χ0n) is 12.9. The molecule has 2 aromatic carbocycles. The van der Waals surface area contributed by atoms with Gasteiger partial charge in [0.05, 0.1) is 11.1 Å². The zero-order chi connectivity index (χ0) is 18.6. The number of carbonyl (C=O) groups excluding carboxylic acids is 1. The van der Waals surface area contributed by atoms with Gasteiger partial charge in [-0.05, 0) is 41.3 Å². The van der Waals surface area contributed by atoms with Crippen LogP contribution in [0.3, 0.4) is 0 Å². The van der Waals surface area contributed by atoms with Crippen molar-refractivity contribution < 1.29 is 31.1 Å². The number of hydrogen-bond acceptors (Lipinski definition) is 1. The fourth-order valence-electron chi connectivity index (χ4n) is 3.08. The summed E-state index contributed by atoms with van der Waals surface area (Å²) in [6.45, 7) is 1.68. The smallest absolute Gasteiger partial charge is 0.294 e. The summed E-state index contributed by atoms with van der Waals surface area (Å²) in [6.07, 6.45) is -9.43. The van der Waals surface area contributed by atoms with E-state index in [1.54, 1.807) is 13.0 Å². The summed E-state index contributed by atoms with van der Waals surface area (Å²) in [5.41, 5.74) is -2.10. The van der Waals surface area contributed by atoms with E-state index in [0.717, 1.165) is 0 Å². The predicted octanol–water partition coefficient (Wildman–Crippen LogP) is 5.77. The summed E-state index contributed by atoms with van der Waals surface area (Å²) in [5, 5.41) is 0. The molecule has 1 aliphatic carbocycles. The molecule has 1 aliphatic rings. The van der Waals surface area contributed by atoms with Gasteiger partial charge in [-0.25, -0.2) is 0 Å². The van der Waals surface area contributed by atoms with Gasteiger partial charge in [-0.3, -0.25) is 4.79 Å². The molecule has 1 nitrogen and oxygen atoms in total. The van der Waals surface area contributed by atoms with Crippen LogP contribution < -0.4 is 0 Å². The standard InChI is InChI=1S/C18H12F6O/c1-9-5-10-3-2-4-14(15(10)16(9)25)11-6-12(17(19,20)21)8-13(7-11)18(22,23)24/h2-4,6-9H,5H2,1H3. The normalized spacial score (nSPS) is 17.7. The monoisotopic (exact) mass is 358 g/mol. The predicted molar refractivity (Wildman–Crippen MR) is 79.1 cm³/mol. The number of alkyl halides is 6. The first-order valence-corrected chi connectivity index (χ1v) is 7.44. The van der Waals surface area contributed by atoms with Gasteiger partial charge in [0.2, 0.25) is 0 Å². The minimum Gasteiger partial charge on any atom is -0.294 e. The van der Waals surface area contributed by atoms with Gasteiger partial charge in [-0.1, -0.05) is 25.1 Å². The summed E-state index contributed by atoms with van der Waals surface area (Å²) in [5.74, 6) is -0.611. The van der Waals surface area contributed by atoms with E-state index in [2.05, 4.69) is 0 Å². The van der Waals surface area contributed by atoms with Gasteiger partial charge in [0.1, 0.15) is 0 Å². The topological polar surface area (TPSA) is 17.1 Å². The van der Waals surface area contributed by atoms with E-state index in [1.807, 2.05) is 0 Å². The number of ketones is 1. The molecule has 132 valence electrons. The maximum atomic E-state index is 13.0. The molecule has 0 fully saturated rings. The third-order valence-corrected chi connectivity index (χ3v) is 4.27. The molecule has 0 aromatic heterocycles. The minimum atomic E-state index is -4.93. The summed E-state index contributed by atoms with van der Waals surface area (Å²) < 4.78 is 78.2.